The summed E-state index contributed by atoms with van der Waals surface area (Å²) in [5, 5.41) is 7.52. The zero-order valence-corrected chi connectivity index (χ0v) is 12.3. The summed E-state index contributed by atoms with van der Waals surface area (Å²) in [6.45, 7) is 3.85. The lowest BCUT2D eigenvalue weighted by Gasteiger charge is -2.21. The molecule has 1 aliphatic rings. The average Bonchev–Trinajstić information content (AvgIpc) is 2.56. The summed E-state index contributed by atoms with van der Waals surface area (Å²) in [6.07, 6.45) is 8.65. The fraction of sp³-hybridized carbons (Fsp3) is 0.733. The van der Waals surface area contributed by atoms with Crippen molar-refractivity contribution in [1.29, 1.82) is 0 Å². The molecule has 1 N–H and O–H groups in total. The minimum atomic E-state index is 0.0497. The molecule has 1 saturated carbocycles. The standard InChI is InChI=1S/C15H25N3O/c1-11-14(12(2)18(3)17-11)15(19)16-13-9-7-5-4-6-8-10-13/h13H,4-10H2,1-3H3,(H,16,19). The zero-order chi connectivity index (χ0) is 13.8. The molecule has 0 spiro atoms. The molecule has 1 heterocycles. The maximum Gasteiger partial charge on any atom is 0.255 e. The maximum atomic E-state index is 12.4. The van der Waals surface area contributed by atoms with Crippen LogP contribution in [0.3, 0.4) is 0 Å². The van der Waals surface area contributed by atoms with Crippen molar-refractivity contribution < 1.29 is 4.79 Å². The molecule has 2 rings (SSSR count). The van der Waals surface area contributed by atoms with Crippen molar-refractivity contribution >= 4 is 5.91 Å². The van der Waals surface area contributed by atoms with Crippen LogP contribution in [-0.2, 0) is 7.05 Å². The van der Waals surface area contributed by atoms with Crippen molar-refractivity contribution in [1.82, 2.24) is 15.1 Å². The minimum absolute atomic E-state index is 0.0497. The Labute approximate surface area is 115 Å². The number of amides is 1. The molecule has 1 amide bonds. The van der Waals surface area contributed by atoms with E-state index in [0.29, 0.717) is 6.04 Å². The smallest absolute Gasteiger partial charge is 0.255 e. The summed E-state index contributed by atoms with van der Waals surface area (Å²) in [6, 6.07) is 0.340. The molecule has 0 aliphatic heterocycles. The molecule has 0 atom stereocenters. The van der Waals surface area contributed by atoms with Crippen LogP contribution >= 0.6 is 0 Å². The molecule has 1 aliphatic carbocycles. The van der Waals surface area contributed by atoms with Gasteiger partial charge in [0.25, 0.3) is 5.91 Å². The lowest BCUT2D eigenvalue weighted by molar-refractivity contribution is 0.0929. The highest BCUT2D eigenvalue weighted by atomic mass is 16.1. The van der Waals surface area contributed by atoms with Crippen LogP contribution in [0.4, 0.5) is 0 Å². The first-order valence-corrected chi connectivity index (χ1v) is 7.40. The molecule has 0 aromatic carbocycles. The van der Waals surface area contributed by atoms with Gasteiger partial charge in [-0.1, -0.05) is 32.1 Å². The first-order chi connectivity index (χ1) is 9.09. The molecular formula is C15H25N3O. The summed E-state index contributed by atoms with van der Waals surface area (Å²) in [5.41, 5.74) is 2.52. The van der Waals surface area contributed by atoms with Gasteiger partial charge in [-0.15, -0.1) is 0 Å². The number of rotatable bonds is 2. The van der Waals surface area contributed by atoms with Gasteiger partial charge in [0, 0.05) is 18.8 Å². The Morgan fingerprint density at radius 3 is 2.26 bits per heavy atom. The first-order valence-electron chi connectivity index (χ1n) is 7.40. The van der Waals surface area contributed by atoms with E-state index < -0.39 is 0 Å². The van der Waals surface area contributed by atoms with E-state index >= 15 is 0 Å². The molecule has 1 fully saturated rings. The predicted molar refractivity (Wildman–Crippen MR) is 76.3 cm³/mol. The van der Waals surface area contributed by atoms with Crippen LogP contribution in [0.5, 0.6) is 0 Å². The predicted octanol–water partition coefficient (Wildman–Crippen LogP) is 2.88. The monoisotopic (exact) mass is 263 g/mol. The molecule has 19 heavy (non-hydrogen) atoms. The Hall–Kier alpha value is -1.32. The van der Waals surface area contributed by atoms with Crippen molar-refractivity contribution in [2.45, 2.75) is 64.8 Å². The van der Waals surface area contributed by atoms with Crippen LogP contribution in [0, 0.1) is 13.8 Å². The fourth-order valence-corrected chi connectivity index (χ4v) is 2.96. The maximum absolute atomic E-state index is 12.4. The van der Waals surface area contributed by atoms with E-state index in [1.807, 2.05) is 20.9 Å². The topological polar surface area (TPSA) is 46.9 Å². The summed E-state index contributed by atoms with van der Waals surface area (Å²) in [5.74, 6) is 0.0497. The van der Waals surface area contributed by atoms with Gasteiger partial charge in [0.1, 0.15) is 0 Å². The number of carbonyl (C=O) groups is 1. The van der Waals surface area contributed by atoms with Crippen LogP contribution in [0.15, 0.2) is 0 Å². The second kappa shape index (κ2) is 6.22. The highest BCUT2D eigenvalue weighted by Crippen LogP contribution is 2.18. The van der Waals surface area contributed by atoms with E-state index in [1.54, 1.807) is 4.68 Å². The first kappa shape index (κ1) is 14.1. The molecule has 1 aromatic rings. The number of hydrogen-bond donors (Lipinski definition) is 1. The van der Waals surface area contributed by atoms with Crippen LogP contribution in [0.25, 0.3) is 0 Å². The van der Waals surface area contributed by atoms with Crippen molar-refractivity contribution in [3.63, 3.8) is 0 Å². The van der Waals surface area contributed by atoms with Gasteiger partial charge < -0.3 is 5.32 Å². The van der Waals surface area contributed by atoms with Gasteiger partial charge in [-0.3, -0.25) is 9.48 Å². The molecule has 0 radical (unpaired) electrons. The van der Waals surface area contributed by atoms with Crippen molar-refractivity contribution in [3.05, 3.63) is 17.0 Å². The lowest BCUT2D eigenvalue weighted by atomic mass is 9.96. The van der Waals surface area contributed by atoms with E-state index in [9.17, 15) is 4.79 Å². The van der Waals surface area contributed by atoms with Gasteiger partial charge >= 0.3 is 0 Å². The summed E-state index contributed by atoms with van der Waals surface area (Å²) in [4.78, 5) is 12.4. The van der Waals surface area contributed by atoms with E-state index in [0.717, 1.165) is 29.8 Å². The normalized spacial score (nSPS) is 17.8. The van der Waals surface area contributed by atoms with Gasteiger partial charge in [-0.05, 0) is 26.7 Å². The molecule has 1 aromatic heterocycles. The van der Waals surface area contributed by atoms with Crippen LogP contribution in [0.2, 0.25) is 0 Å². The van der Waals surface area contributed by atoms with Crippen LogP contribution < -0.4 is 5.32 Å². The minimum Gasteiger partial charge on any atom is -0.349 e. The van der Waals surface area contributed by atoms with Crippen molar-refractivity contribution in [2.24, 2.45) is 7.05 Å². The Morgan fingerprint density at radius 2 is 1.74 bits per heavy atom. The van der Waals surface area contributed by atoms with E-state index in [1.165, 1.54) is 32.1 Å². The highest BCUT2D eigenvalue weighted by Gasteiger charge is 2.20. The van der Waals surface area contributed by atoms with Gasteiger partial charge in [-0.25, -0.2) is 0 Å². The average molecular weight is 263 g/mol. The van der Waals surface area contributed by atoms with E-state index in [2.05, 4.69) is 10.4 Å². The zero-order valence-electron chi connectivity index (χ0n) is 12.3. The van der Waals surface area contributed by atoms with Crippen molar-refractivity contribution in [3.8, 4) is 0 Å². The van der Waals surface area contributed by atoms with Gasteiger partial charge in [0.2, 0.25) is 0 Å². The summed E-state index contributed by atoms with van der Waals surface area (Å²) >= 11 is 0. The SMILES string of the molecule is Cc1nn(C)c(C)c1C(=O)NC1CCCCCCC1. The molecule has 4 nitrogen and oxygen atoms in total. The lowest BCUT2D eigenvalue weighted by Crippen LogP contribution is -2.35. The Kier molecular flexibility index (Phi) is 4.61. The second-order valence-electron chi connectivity index (χ2n) is 5.68. The third-order valence-corrected chi connectivity index (χ3v) is 4.18. The quantitative estimate of drug-likeness (QED) is 0.892. The number of carbonyl (C=O) groups excluding carboxylic acids is 1. The van der Waals surface area contributed by atoms with Gasteiger partial charge in [0.05, 0.1) is 11.3 Å². The van der Waals surface area contributed by atoms with E-state index in [4.69, 9.17) is 0 Å². The molecular weight excluding hydrogens is 238 g/mol. The number of nitrogens with zero attached hydrogens (tertiary/aromatic N) is 2. The van der Waals surface area contributed by atoms with Crippen molar-refractivity contribution in [2.75, 3.05) is 0 Å². The number of aromatic nitrogens is 2. The highest BCUT2D eigenvalue weighted by molar-refractivity contribution is 5.96. The Bertz CT molecular complexity index is 442. The molecule has 0 saturated heterocycles. The molecule has 0 unspecified atom stereocenters. The van der Waals surface area contributed by atoms with Crippen LogP contribution in [0.1, 0.15) is 66.7 Å². The van der Waals surface area contributed by atoms with Gasteiger partial charge in [0.15, 0.2) is 0 Å². The molecule has 106 valence electrons. The third-order valence-electron chi connectivity index (χ3n) is 4.18. The summed E-state index contributed by atoms with van der Waals surface area (Å²) < 4.78 is 1.78. The molecule has 4 heteroatoms. The Morgan fingerprint density at radius 1 is 1.16 bits per heavy atom. The molecule has 0 bridgehead atoms. The van der Waals surface area contributed by atoms with Crippen LogP contribution in [-0.4, -0.2) is 21.7 Å². The van der Waals surface area contributed by atoms with E-state index in [-0.39, 0.29) is 5.91 Å². The fourth-order valence-electron chi connectivity index (χ4n) is 2.96. The largest absolute Gasteiger partial charge is 0.349 e. The number of aryl methyl sites for hydroxylation is 2. The number of nitrogens with one attached hydrogen (secondary N) is 1. The number of hydrogen-bond acceptors (Lipinski definition) is 2. The Balaban J connectivity index is 2.03. The second-order valence-corrected chi connectivity index (χ2v) is 5.68. The third kappa shape index (κ3) is 3.37. The van der Waals surface area contributed by atoms with Gasteiger partial charge in [-0.2, -0.15) is 5.10 Å². The summed E-state index contributed by atoms with van der Waals surface area (Å²) in [7, 11) is 1.88.